The minimum Gasteiger partial charge on any atom is -0.353 e. The second kappa shape index (κ2) is 6.26. The van der Waals surface area contributed by atoms with E-state index in [2.05, 4.69) is 46.2 Å². The fourth-order valence-electron chi connectivity index (χ4n) is 1.91. The van der Waals surface area contributed by atoms with Crippen molar-refractivity contribution in [2.45, 2.75) is 19.3 Å². The highest BCUT2D eigenvalue weighted by Crippen LogP contribution is 2.23. The fraction of sp³-hybridized carbons (Fsp3) is 0.400. The third-order valence-corrected chi connectivity index (χ3v) is 3.41. The lowest BCUT2D eigenvalue weighted by atomic mass is 9.85. The summed E-state index contributed by atoms with van der Waals surface area (Å²) in [5.41, 5.74) is 1.21. The lowest BCUT2D eigenvalue weighted by Crippen LogP contribution is -2.28. The lowest BCUT2D eigenvalue weighted by molar-refractivity contribution is 0.555. The highest BCUT2D eigenvalue weighted by atomic mass is 35.5. The first-order valence-electron chi connectivity index (χ1n) is 6.77. The molecule has 0 saturated heterocycles. The predicted octanol–water partition coefficient (Wildman–Crippen LogP) is 2.98. The van der Waals surface area contributed by atoms with Gasteiger partial charge in [-0.15, -0.1) is 0 Å². The molecule has 0 bridgehead atoms. The van der Waals surface area contributed by atoms with Crippen molar-refractivity contribution in [2.24, 2.45) is 0 Å². The third kappa shape index (κ3) is 4.04. The number of nitrogens with zero attached hydrogens (tertiary/aromatic N) is 4. The highest BCUT2D eigenvalue weighted by Gasteiger charge is 2.20. The van der Waals surface area contributed by atoms with E-state index in [1.165, 1.54) is 5.56 Å². The first kappa shape index (κ1) is 15.5. The van der Waals surface area contributed by atoms with Gasteiger partial charge in [-0.2, -0.15) is 15.0 Å². The van der Waals surface area contributed by atoms with Gasteiger partial charge in [-0.1, -0.05) is 44.2 Å². The molecule has 0 atom stereocenters. The zero-order valence-corrected chi connectivity index (χ0v) is 13.5. The van der Waals surface area contributed by atoms with Gasteiger partial charge in [0.15, 0.2) is 0 Å². The summed E-state index contributed by atoms with van der Waals surface area (Å²) in [6.45, 7) is 5.04. The molecular weight excluding hydrogens is 286 g/mol. The number of benzene rings is 1. The number of anilines is 2. The Labute approximate surface area is 130 Å². The maximum absolute atomic E-state index is 5.93. The topological polar surface area (TPSA) is 53.9 Å². The number of aromatic nitrogens is 3. The summed E-state index contributed by atoms with van der Waals surface area (Å²) < 4.78 is 0. The zero-order chi connectivity index (χ0) is 15.5. The Morgan fingerprint density at radius 2 is 1.76 bits per heavy atom. The van der Waals surface area contributed by atoms with Gasteiger partial charge in [0.05, 0.1) is 0 Å². The van der Waals surface area contributed by atoms with Crippen molar-refractivity contribution in [1.29, 1.82) is 0 Å². The normalized spacial score (nSPS) is 11.3. The number of hydrogen-bond donors (Lipinski definition) is 1. The van der Waals surface area contributed by atoms with Crippen molar-refractivity contribution in [3.8, 4) is 0 Å². The average Bonchev–Trinajstić information content (AvgIpc) is 2.45. The molecule has 1 N–H and O–H groups in total. The minimum atomic E-state index is -0.0430. The summed E-state index contributed by atoms with van der Waals surface area (Å²) >= 11 is 5.93. The lowest BCUT2D eigenvalue weighted by Gasteiger charge is -2.25. The van der Waals surface area contributed by atoms with Crippen LogP contribution in [-0.4, -0.2) is 35.6 Å². The van der Waals surface area contributed by atoms with E-state index in [0.717, 1.165) is 0 Å². The van der Waals surface area contributed by atoms with E-state index in [4.69, 9.17) is 11.6 Å². The molecule has 1 heterocycles. The van der Waals surface area contributed by atoms with Crippen LogP contribution in [0.3, 0.4) is 0 Å². The smallest absolute Gasteiger partial charge is 0.230 e. The van der Waals surface area contributed by atoms with Gasteiger partial charge < -0.3 is 10.2 Å². The van der Waals surface area contributed by atoms with E-state index in [1.54, 1.807) is 4.90 Å². The van der Waals surface area contributed by atoms with Gasteiger partial charge in [-0.05, 0) is 17.2 Å². The average molecular weight is 306 g/mol. The molecule has 0 aliphatic carbocycles. The summed E-state index contributed by atoms with van der Waals surface area (Å²) in [4.78, 5) is 14.3. The Morgan fingerprint density at radius 3 is 2.38 bits per heavy atom. The van der Waals surface area contributed by atoms with Crippen LogP contribution in [-0.2, 0) is 5.41 Å². The van der Waals surface area contributed by atoms with E-state index in [1.807, 2.05) is 32.3 Å². The van der Waals surface area contributed by atoms with Gasteiger partial charge in [0.1, 0.15) is 0 Å². The van der Waals surface area contributed by atoms with Gasteiger partial charge >= 0.3 is 0 Å². The molecule has 0 aliphatic heterocycles. The summed E-state index contributed by atoms with van der Waals surface area (Å²) in [6.07, 6.45) is 0. The van der Waals surface area contributed by atoms with Crippen LogP contribution < -0.4 is 10.2 Å². The molecule has 5 nitrogen and oxygen atoms in total. The number of hydrogen-bond acceptors (Lipinski definition) is 5. The van der Waals surface area contributed by atoms with Crippen molar-refractivity contribution in [3.05, 3.63) is 41.2 Å². The fourth-order valence-corrected chi connectivity index (χ4v) is 2.07. The second-order valence-electron chi connectivity index (χ2n) is 5.73. The summed E-state index contributed by atoms with van der Waals surface area (Å²) in [5.74, 6) is 1.03. The molecule has 0 amide bonds. The Bertz CT molecular complexity index is 598. The van der Waals surface area contributed by atoms with Crippen LogP contribution in [0.4, 0.5) is 11.9 Å². The Morgan fingerprint density at radius 1 is 1.10 bits per heavy atom. The van der Waals surface area contributed by atoms with Gasteiger partial charge in [0.2, 0.25) is 17.2 Å². The Balaban J connectivity index is 2.12. The largest absolute Gasteiger partial charge is 0.353 e. The molecule has 0 unspecified atom stereocenters. The molecule has 6 heteroatoms. The number of halogens is 1. The molecule has 2 aromatic rings. The maximum Gasteiger partial charge on any atom is 0.230 e. The van der Waals surface area contributed by atoms with Crippen LogP contribution in [0.25, 0.3) is 0 Å². The predicted molar refractivity (Wildman–Crippen MR) is 87.1 cm³/mol. The van der Waals surface area contributed by atoms with Crippen LogP contribution in [0, 0.1) is 0 Å². The van der Waals surface area contributed by atoms with Crippen molar-refractivity contribution in [2.75, 3.05) is 30.9 Å². The highest BCUT2D eigenvalue weighted by molar-refractivity contribution is 6.28. The zero-order valence-electron chi connectivity index (χ0n) is 12.8. The van der Waals surface area contributed by atoms with E-state index in [-0.39, 0.29) is 10.7 Å². The van der Waals surface area contributed by atoms with E-state index < -0.39 is 0 Å². The molecule has 1 aromatic heterocycles. The van der Waals surface area contributed by atoms with E-state index in [9.17, 15) is 0 Å². The molecule has 1 aromatic carbocycles. The van der Waals surface area contributed by atoms with Crippen molar-refractivity contribution >= 4 is 23.5 Å². The SMILES string of the molecule is CN(C)c1nc(Cl)nc(NCC(C)(C)c2ccccc2)n1. The van der Waals surface area contributed by atoms with E-state index >= 15 is 0 Å². The Kier molecular flexibility index (Phi) is 4.63. The number of rotatable bonds is 5. The van der Waals surface area contributed by atoms with Crippen LogP contribution in [0.2, 0.25) is 5.28 Å². The van der Waals surface area contributed by atoms with Gasteiger partial charge in [0.25, 0.3) is 0 Å². The van der Waals surface area contributed by atoms with Crippen LogP contribution in [0.15, 0.2) is 30.3 Å². The monoisotopic (exact) mass is 305 g/mol. The molecule has 0 saturated carbocycles. The first-order valence-corrected chi connectivity index (χ1v) is 7.14. The van der Waals surface area contributed by atoms with Crippen molar-refractivity contribution < 1.29 is 0 Å². The Hall–Kier alpha value is -1.88. The van der Waals surface area contributed by atoms with Crippen molar-refractivity contribution in [3.63, 3.8) is 0 Å². The molecule has 0 radical (unpaired) electrons. The van der Waals surface area contributed by atoms with Crippen LogP contribution >= 0.6 is 11.6 Å². The standard InChI is InChI=1S/C15H20ClN5/c1-15(2,11-8-6-5-7-9-11)10-17-13-18-12(16)19-14(20-13)21(3)4/h5-9H,10H2,1-4H3,(H,17,18,19,20). The summed E-state index contributed by atoms with van der Waals surface area (Å²) in [7, 11) is 3.73. The van der Waals surface area contributed by atoms with Crippen LogP contribution in [0.1, 0.15) is 19.4 Å². The maximum atomic E-state index is 5.93. The first-order chi connectivity index (χ1) is 9.88. The molecule has 0 fully saturated rings. The van der Waals surface area contributed by atoms with Gasteiger partial charge in [-0.25, -0.2) is 0 Å². The van der Waals surface area contributed by atoms with E-state index in [0.29, 0.717) is 18.4 Å². The van der Waals surface area contributed by atoms with Gasteiger partial charge in [-0.3, -0.25) is 0 Å². The molecular formula is C15H20ClN5. The molecule has 2 rings (SSSR count). The summed E-state index contributed by atoms with van der Waals surface area (Å²) in [5, 5.41) is 3.43. The van der Waals surface area contributed by atoms with Crippen LogP contribution in [0.5, 0.6) is 0 Å². The molecule has 112 valence electrons. The van der Waals surface area contributed by atoms with Gasteiger partial charge in [0, 0.05) is 26.1 Å². The number of nitrogens with one attached hydrogen (secondary N) is 1. The molecule has 0 aliphatic rings. The molecule has 0 spiro atoms. The van der Waals surface area contributed by atoms with Crippen molar-refractivity contribution in [1.82, 2.24) is 15.0 Å². The summed E-state index contributed by atoms with van der Waals surface area (Å²) in [6, 6.07) is 10.3. The quantitative estimate of drug-likeness (QED) is 0.920. The second-order valence-corrected chi connectivity index (χ2v) is 6.06. The third-order valence-electron chi connectivity index (χ3n) is 3.24. The molecule has 21 heavy (non-hydrogen) atoms. The minimum absolute atomic E-state index is 0.0430.